The van der Waals surface area contributed by atoms with Crippen molar-refractivity contribution >= 4 is 11.9 Å². The molecular weight excluding hydrogens is 268 g/mol. The Bertz CT molecular complexity index is 410. The van der Waals surface area contributed by atoms with Crippen molar-refractivity contribution in [2.75, 3.05) is 19.6 Å². The lowest BCUT2D eigenvalue weighted by molar-refractivity contribution is -0.140. The smallest absolute Gasteiger partial charge is 0.303 e. The molecule has 118 valence electrons. The second-order valence-corrected chi connectivity index (χ2v) is 7.27. The first-order valence-electron chi connectivity index (χ1n) is 8.30. The maximum Gasteiger partial charge on any atom is 0.303 e. The van der Waals surface area contributed by atoms with Crippen molar-refractivity contribution in [3.05, 3.63) is 0 Å². The molecule has 0 aromatic rings. The number of nitrogens with one attached hydrogen (secondary N) is 1. The number of nitrogens with zero attached hydrogens (tertiary/aromatic N) is 1. The maximum absolute atomic E-state index is 12.4. The number of carboxylic acids is 1. The molecule has 1 atom stereocenters. The van der Waals surface area contributed by atoms with Crippen LogP contribution in [0.2, 0.25) is 0 Å². The topological polar surface area (TPSA) is 69.6 Å². The van der Waals surface area contributed by atoms with Gasteiger partial charge in [0.2, 0.25) is 5.91 Å². The molecule has 1 amide bonds. The van der Waals surface area contributed by atoms with Crippen LogP contribution in [-0.4, -0.2) is 47.6 Å². The van der Waals surface area contributed by atoms with Crippen molar-refractivity contribution < 1.29 is 14.7 Å². The van der Waals surface area contributed by atoms with Crippen LogP contribution in [0.1, 0.15) is 51.4 Å². The molecule has 0 aromatic heterocycles. The second-order valence-electron chi connectivity index (χ2n) is 7.27. The van der Waals surface area contributed by atoms with Crippen molar-refractivity contribution in [1.82, 2.24) is 10.2 Å². The Morgan fingerprint density at radius 2 is 1.81 bits per heavy atom. The van der Waals surface area contributed by atoms with Gasteiger partial charge < -0.3 is 15.3 Å². The highest BCUT2D eigenvalue weighted by atomic mass is 16.4. The summed E-state index contributed by atoms with van der Waals surface area (Å²) >= 11 is 0. The largest absolute Gasteiger partial charge is 0.481 e. The number of carbonyl (C=O) groups is 2. The molecule has 0 radical (unpaired) electrons. The molecule has 4 aliphatic rings. The van der Waals surface area contributed by atoms with E-state index in [9.17, 15) is 9.59 Å². The monoisotopic (exact) mass is 294 g/mol. The summed E-state index contributed by atoms with van der Waals surface area (Å²) in [5, 5.41) is 12.3. The van der Waals surface area contributed by atoms with Crippen molar-refractivity contribution in [1.29, 1.82) is 0 Å². The number of carbonyl (C=O) groups excluding carboxylic acids is 1. The molecule has 0 spiro atoms. The van der Waals surface area contributed by atoms with Crippen molar-refractivity contribution in [3.63, 3.8) is 0 Å². The molecule has 1 unspecified atom stereocenters. The van der Waals surface area contributed by atoms with E-state index in [1.54, 1.807) is 0 Å². The Morgan fingerprint density at radius 1 is 1.14 bits per heavy atom. The van der Waals surface area contributed by atoms with Crippen molar-refractivity contribution in [3.8, 4) is 0 Å². The van der Waals surface area contributed by atoms with Crippen LogP contribution in [0.25, 0.3) is 0 Å². The molecule has 3 heterocycles. The third-order valence-electron chi connectivity index (χ3n) is 5.73. The minimum absolute atomic E-state index is 0.0666. The zero-order valence-corrected chi connectivity index (χ0v) is 12.6. The second kappa shape index (κ2) is 5.95. The van der Waals surface area contributed by atoms with Gasteiger partial charge in [0.25, 0.3) is 0 Å². The molecule has 2 N–H and O–H groups in total. The summed E-state index contributed by atoms with van der Waals surface area (Å²) in [6.07, 6.45) is 6.78. The van der Waals surface area contributed by atoms with Gasteiger partial charge in [-0.2, -0.15) is 0 Å². The zero-order chi connectivity index (χ0) is 14.9. The molecule has 3 saturated heterocycles. The summed E-state index contributed by atoms with van der Waals surface area (Å²) in [6.45, 7) is 3.31. The predicted octanol–water partition coefficient (Wildman–Crippen LogP) is 1.62. The Labute approximate surface area is 126 Å². The number of hydrogen-bond acceptors (Lipinski definition) is 3. The van der Waals surface area contributed by atoms with Gasteiger partial charge in [-0.05, 0) is 50.1 Å². The number of aliphatic carboxylic acids is 1. The first-order valence-corrected chi connectivity index (χ1v) is 8.30. The fraction of sp³-hybridized carbons (Fsp3) is 0.875. The third kappa shape index (κ3) is 3.39. The van der Waals surface area contributed by atoms with Crippen molar-refractivity contribution in [2.24, 2.45) is 11.3 Å². The normalized spacial score (nSPS) is 33.8. The number of hydrogen-bond donors (Lipinski definition) is 2. The molecule has 1 aliphatic carbocycles. The average molecular weight is 294 g/mol. The van der Waals surface area contributed by atoms with Crippen LogP contribution in [0, 0.1) is 11.3 Å². The lowest BCUT2D eigenvalue weighted by atomic mass is 9.78. The first-order chi connectivity index (χ1) is 10.1. The van der Waals surface area contributed by atoms with Gasteiger partial charge in [0.1, 0.15) is 0 Å². The Morgan fingerprint density at radius 3 is 2.33 bits per heavy atom. The summed E-state index contributed by atoms with van der Waals surface area (Å²) in [5.74, 6) is -0.0811. The molecule has 0 aromatic carbocycles. The van der Waals surface area contributed by atoms with Crippen LogP contribution < -0.4 is 5.32 Å². The lowest BCUT2D eigenvalue weighted by Gasteiger charge is -2.45. The van der Waals surface area contributed by atoms with Gasteiger partial charge >= 0.3 is 5.97 Å². The Balaban J connectivity index is 1.56. The highest BCUT2D eigenvalue weighted by molar-refractivity contribution is 5.78. The molecule has 4 rings (SSSR count). The van der Waals surface area contributed by atoms with E-state index in [0.717, 1.165) is 32.2 Å². The zero-order valence-electron chi connectivity index (χ0n) is 12.6. The molecular formula is C16H26N2O3. The number of piperidine rings is 3. The van der Waals surface area contributed by atoms with Crippen LogP contribution in [0.5, 0.6) is 0 Å². The van der Waals surface area contributed by atoms with Crippen LogP contribution in [-0.2, 0) is 9.59 Å². The average Bonchev–Trinajstić information content (AvgIpc) is 2.87. The van der Waals surface area contributed by atoms with Crippen LogP contribution in [0.15, 0.2) is 0 Å². The number of amides is 1. The van der Waals surface area contributed by atoms with E-state index in [-0.39, 0.29) is 23.8 Å². The van der Waals surface area contributed by atoms with E-state index in [2.05, 4.69) is 10.2 Å². The van der Waals surface area contributed by atoms with E-state index in [0.29, 0.717) is 12.3 Å². The van der Waals surface area contributed by atoms with E-state index in [4.69, 9.17) is 5.11 Å². The molecule has 4 fully saturated rings. The number of rotatable bonds is 5. The van der Waals surface area contributed by atoms with Crippen LogP contribution in [0.3, 0.4) is 0 Å². The molecule has 5 nitrogen and oxygen atoms in total. The molecule has 2 bridgehead atoms. The predicted molar refractivity (Wildman–Crippen MR) is 78.9 cm³/mol. The van der Waals surface area contributed by atoms with E-state index in [1.807, 2.05) is 0 Å². The Kier molecular flexibility index (Phi) is 4.20. The Hall–Kier alpha value is -1.10. The summed E-state index contributed by atoms with van der Waals surface area (Å²) in [5.41, 5.74) is -0.288. The lowest BCUT2D eigenvalue weighted by Crippen LogP contribution is -2.57. The van der Waals surface area contributed by atoms with Crippen molar-refractivity contribution in [2.45, 2.75) is 57.4 Å². The summed E-state index contributed by atoms with van der Waals surface area (Å²) in [6, 6.07) is 0.281. The summed E-state index contributed by atoms with van der Waals surface area (Å²) in [7, 11) is 0. The summed E-state index contributed by atoms with van der Waals surface area (Å²) < 4.78 is 0. The van der Waals surface area contributed by atoms with Gasteiger partial charge in [0.05, 0.1) is 6.42 Å². The van der Waals surface area contributed by atoms with Crippen LogP contribution >= 0.6 is 0 Å². The molecule has 21 heavy (non-hydrogen) atoms. The van der Waals surface area contributed by atoms with Gasteiger partial charge in [0, 0.05) is 19.0 Å². The minimum Gasteiger partial charge on any atom is -0.481 e. The maximum atomic E-state index is 12.4. The fourth-order valence-corrected chi connectivity index (χ4v) is 4.59. The minimum atomic E-state index is -0.771. The van der Waals surface area contributed by atoms with Gasteiger partial charge in [-0.15, -0.1) is 0 Å². The van der Waals surface area contributed by atoms with E-state index in [1.165, 1.54) is 25.9 Å². The standard InChI is InChI=1S/C16H26N2O3/c19-14(9-16(10-15(20)21)5-1-2-6-16)17-13-11-18-7-3-12(13)4-8-18/h12-13H,1-11H2,(H,17,19)(H,20,21). The third-order valence-corrected chi connectivity index (χ3v) is 5.73. The quantitative estimate of drug-likeness (QED) is 0.808. The molecule has 3 aliphatic heterocycles. The number of carboxylic acid groups (broad SMARTS) is 1. The summed E-state index contributed by atoms with van der Waals surface area (Å²) in [4.78, 5) is 25.9. The van der Waals surface area contributed by atoms with E-state index >= 15 is 0 Å². The SMILES string of the molecule is O=C(O)CC1(CC(=O)NC2CN3CCC2CC3)CCCC1. The van der Waals surface area contributed by atoms with Gasteiger partial charge in [-0.1, -0.05) is 12.8 Å². The highest BCUT2D eigenvalue weighted by Crippen LogP contribution is 2.44. The van der Waals surface area contributed by atoms with Crippen LogP contribution in [0.4, 0.5) is 0 Å². The van der Waals surface area contributed by atoms with E-state index < -0.39 is 5.97 Å². The highest BCUT2D eigenvalue weighted by Gasteiger charge is 2.40. The molecule has 5 heteroatoms. The first kappa shape index (κ1) is 14.8. The van der Waals surface area contributed by atoms with Gasteiger partial charge in [0.15, 0.2) is 0 Å². The fourth-order valence-electron chi connectivity index (χ4n) is 4.59. The molecule has 1 saturated carbocycles. The van der Waals surface area contributed by atoms with Gasteiger partial charge in [-0.3, -0.25) is 9.59 Å². The van der Waals surface area contributed by atoms with Gasteiger partial charge in [-0.25, -0.2) is 0 Å². The number of fused-ring (bicyclic) bond motifs is 3.